The molecule has 0 aliphatic carbocycles. The van der Waals surface area contributed by atoms with Crippen molar-refractivity contribution in [2.24, 2.45) is 7.05 Å². The molecule has 0 saturated heterocycles. The molecule has 0 fully saturated rings. The monoisotopic (exact) mass is 244 g/mol. The number of rotatable bonds is 3. The fourth-order valence-corrected chi connectivity index (χ4v) is 1.72. The molecule has 0 aliphatic rings. The number of benzene rings is 1. The van der Waals surface area contributed by atoms with Crippen molar-refractivity contribution in [1.82, 2.24) is 9.78 Å². The van der Waals surface area contributed by atoms with Gasteiger partial charge in [0.05, 0.1) is 5.69 Å². The Kier molecular flexibility index (Phi) is 3.32. The molecule has 0 saturated carbocycles. The van der Waals surface area contributed by atoms with E-state index in [0.717, 1.165) is 12.1 Å². The topological polar surface area (TPSA) is 72.9 Å². The molecule has 3 N–H and O–H groups in total. The Morgan fingerprint density at radius 1 is 1.44 bits per heavy atom. The highest BCUT2D eigenvalue weighted by Gasteiger charge is 2.12. The smallest absolute Gasteiger partial charge is 0.273 e. The highest BCUT2D eigenvalue weighted by atomic mass is 16.2. The molecule has 5 heteroatoms. The Labute approximate surface area is 106 Å². The van der Waals surface area contributed by atoms with Crippen molar-refractivity contribution in [2.75, 3.05) is 11.1 Å². The van der Waals surface area contributed by atoms with E-state index >= 15 is 0 Å². The number of amides is 1. The molecule has 0 radical (unpaired) electrons. The van der Waals surface area contributed by atoms with Gasteiger partial charge in [-0.25, -0.2) is 0 Å². The fraction of sp³-hybridized carbons (Fsp3) is 0.231. The van der Waals surface area contributed by atoms with Crippen molar-refractivity contribution in [3.8, 4) is 0 Å². The second-order valence-corrected chi connectivity index (χ2v) is 4.08. The van der Waals surface area contributed by atoms with Gasteiger partial charge in [0.2, 0.25) is 0 Å². The second-order valence-electron chi connectivity index (χ2n) is 4.08. The average molecular weight is 244 g/mol. The van der Waals surface area contributed by atoms with Gasteiger partial charge in [-0.1, -0.05) is 13.0 Å². The van der Waals surface area contributed by atoms with Gasteiger partial charge >= 0.3 is 0 Å². The lowest BCUT2D eigenvalue weighted by Crippen LogP contribution is -2.16. The van der Waals surface area contributed by atoms with Gasteiger partial charge in [-0.05, 0) is 30.7 Å². The number of nitrogens with two attached hydrogens (primary N) is 1. The van der Waals surface area contributed by atoms with Crippen molar-refractivity contribution in [3.05, 3.63) is 41.7 Å². The zero-order valence-electron chi connectivity index (χ0n) is 10.5. The van der Waals surface area contributed by atoms with Crippen LogP contribution in [0.1, 0.15) is 23.1 Å². The summed E-state index contributed by atoms with van der Waals surface area (Å²) >= 11 is 0. The van der Waals surface area contributed by atoms with Gasteiger partial charge in [0.1, 0.15) is 5.69 Å². The third-order valence-electron chi connectivity index (χ3n) is 2.67. The van der Waals surface area contributed by atoms with Crippen LogP contribution in [0.25, 0.3) is 0 Å². The molecule has 0 unspecified atom stereocenters. The molecule has 18 heavy (non-hydrogen) atoms. The second kappa shape index (κ2) is 4.91. The molecule has 0 aliphatic heterocycles. The summed E-state index contributed by atoms with van der Waals surface area (Å²) in [5.41, 5.74) is 8.39. The van der Waals surface area contributed by atoms with Gasteiger partial charge in [0, 0.05) is 18.4 Å². The van der Waals surface area contributed by atoms with E-state index in [9.17, 15) is 4.79 Å². The summed E-state index contributed by atoms with van der Waals surface area (Å²) in [4.78, 5) is 12.1. The van der Waals surface area contributed by atoms with Gasteiger partial charge in [-0.3, -0.25) is 9.48 Å². The van der Waals surface area contributed by atoms with Crippen LogP contribution in [-0.4, -0.2) is 15.7 Å². The lowest BCUT2D eigenvalue weighted by molar-refractivity contribution is 0.101. The summed E-state index contributed by atoms with van der Waals surface area (Å²) in [6.45, 7) is 2.00. The first-order valence-electron chi connectivity index (χ1n) is 5.80. The molecule has 2 rings (SSSR count). The maximum absolute atomic E-state index is 12.1. The summed E-state index contributed by atoms with van der Waals surface area (Å²) in [7, 11) is 1.76. The van der Waals surface area contributed by atoms with E-state index in [1.54, 1.807) is 42.1 Å². The van der Waals surface area contributed by atoms with Crippen LogP contribution in [0.4, 0.5) is 11.4 Å². The van der Waals surface area contributed by atoms with E-state index in [1.165, 1.54) is 0 Å². The minimum absolute atomic E-state index is 0.185. The molecule has 0 bridgehead atoms. The highest BCUT2D eigenvalue weighted by Crippen LogP contribution is 2.13. The van der Waals surface area contributed by atoms with E-state index in [-0.39, 0.29) is 5.91 Å². The van der Waals surface area contributed by atoms with Crippen molar-refractivity contribution < 1.29 is 4.79 Å². The van der Waals surface area contributed by atoms with Crippen LogP contribution in [0.15, 0.2) is 30.3 Å². The van der Waals surface area contributed by atoms with Crippen LogP contribution < -0.4 is 11.1 Å². The SMILES string of the molecule is CCc1cc(C(=O)Nc2cccc(N)c2)n(C)n1. The highest BCUT2D eigenvalue weighted by molar-refractivity contribution is 6.03. The number of nitrogen functional groups attached to an aromatic ring is 1. The molecule has 0 atom stereocenters. The molecule has 94 valence electrons. The Morgan fingerprint density at radius 3 is 2.83 bits per heavy atom. The third kappa shape index (κ3) is 2.51. The molecule has 1 aromatic carbocycles. The number of aryl methyl sites for hydroxylation is 2. The van der Waals surface area contributed by atoms with Crippen molar-refractivity contribution in [3.63, 3.8) is 0 Å². The molecular formula is C13H16N4O. The summed E-state index contributed by atoms with van der Waals surface area (Å²) < 4.78 is 1.58. The average Bonchev–Trinajstić information content (AvgIpc) is 2.70. The van der Waals surface area contributed by atoms with Gasteiger partial charge in [-0.15, -0.1) is 0 Å². The van der Waals surface area contributed by atoms with Crippen LogP contribution in [0.3, 0.4) is 0 Å². The summed E-state index contributed by atoms with van der Waals surface area (Å²) in [5.74, 6) is -0.185. The summed E-state index contributed by atoms with van der Waals surface area (Å²) in [6, 6.07) is 8.88. The first-order chi connectivity index (χ1) is 8.60. The summed E-state index contributed by atoms with van der Waals surface area (Å²) in [5, 5.41) is 7.04. The number of hydrogen-bond donors (Lipinski definition) is 2. The van der Waals surface area contributed by atoms with Crippen molar-refractivity contribution in [2.45, 2.75) is 13.3 Å². The number of aromatic nitrogens is 2. The number of carbonyl (C=O) groups is 1. The summed E-state index contributed by atoms with van der Waals surface area (Å²) in [6.07, 6.45) is 0.805. The minimum Gasteiger partial charge on any atom is -0.399 e. The number of carbonyl (C=O) groups excluding carboxylic acids is 1. The molecular weight excluding hydrogens is 228 g/mol. The zero-order chi connectivity index (χ0) is 13.1. The van der Waals surface area contributed by atoms with Crippen molar-refractivity contribution in [1.29, 1.82) is 0 Å². The van der Waals surface area contributed by atoms with Crippen LogP contribution in [0.2, 0.25) is 0 Å². The number of anilines is 2. The van der Waals surface area contributed by atoms with Gasteiger partial charge in [-0.2, -0.15) is 5.10 Å². The van der Waals surface area contributed by atoms with Gasteiger partial charge in [0.25, 0.3) is 5.91 Å². The third-order valence-corrected chi connectivity index (χ3v) is 2.67. The minimum atomic E-state index is -0.185. The zero-order valence-corrected chi connectivity index (χ0v) is 10.5. The van der Waals surface area contributed by atoms with Crippen LogP contribution in [0, 0.1) is 0 Å². The van der Waals surface area contributed by atoms with E-state index < -0.39 is 0 Å². The van der Waals surface area contributed by atoms with E-state index in [1.807, 2.05) is 6.92 Å². The maximum Gasteiger partial charge on any atom is 0.273 e. The van der Waals surface area contributed by atoms with Crippen molar-refractivity contribution >= 4 is 17.3 Å². The first kappa shape index (κ1) is 12.2. The van der Waals surface area contributed by atoms with E-state index in [4.69, 9.17) is 5.73 Å². The Hall–Kier alpha value is -2.30. The molecule has 2 aromatic rings. The molecule has 5 nitrogen and oxygen atoms in total. The number of nitrogens with zero attached hydrogens (tertiary/aromatic N) is 2. The molecule has 1 aromatic heterocycles. The van der Waals surface area contributed by atoms with Gasteiger partial charge in [0.15, 0.2) is 0 Å². The molecule has 1 heterocycles. The van der Waals surface area contributed by atoms with E-state index in [2.05, 4.69) is 10.4 Å². The predicted octanol–water partition coefficient (Wildman–Crippen LogP) is 1.82. The maximum atomic E-state index is 12.1. The Bertz CT molecular complexity index is 574. The van der Waals surface area contributed by atoms with Gasteiger partial charge < -0.3 is 11.1 Å². The fourth-order valence-electron chi connectivity index (χ4n) is 1.72. The standard InChI is InChI=1S/C13H16N4O/c1-3-10-8-12(17(2)16-10)13(18)15-11-6-4-5-9(14)7-11/h4-8H,3,14H2,1-2H3,(H,15,18). The quantitative estimate of drug-likeness (QED) is 0.809. The molecule has 1 amide bonds. The number of nitrogens with one attached hydrogen (secondary N) is 1. The molecule has 0 spiro atoms. The van der Waals surface area contributed by atoms with Crippen LogP contribution >= 0.6 is 0 Å². The number of hydrogen-bond acceptors (Lipinski definition) is 3. The Balaban J connectivity index is 2.19. The Morgan fingerprint density at radius 2 is 2.22 bits per heavy atom. The lowest BCUT2D eigenvalue weighted by Gasteiger charge is -2.05. The van der Waals surface area contributed by atoms with Crippen LogP contribution in [-0.2, 0) is 13.5 Å². The first-order valence-corrected chi connectivity index (χ1v) is 5.80. The largest absolute Gasteiger partial charge is 0.399 e. The van der Waals surface area contributed by atoms with E-state index in [0.29, 0.717) is 17.1 Å². The lowest BCUT2D eigenvalue weighted by atomic mass is 10.2. The predicted molar refractivity (Wildman–Crippen MR) is 71.4 cm³/mol. The normalized spacial score (nSPS) is 10.3. The van der Waals surface area contributed by atoms with Crippen LogP contribution in [0.5, 0.6) is 0 Å².